The fourth-order valence-corrected chi connectivity index (χ4v) is 3.52. The van der Waals surface area contributed by atoms with Gasteiger partial charge in [-0.3, -0.25) is 9.58 Å². The standard InChI is InChI=1S/C19H22N9O/c1-14-11-26(6-7-28(14)19(29)27-5-4-24(2)13-27)17-10-21-16(8-20)18(23-17)15-9-22-25(3)12-15/h4-5,9-10,12-14H,6-7,11H2,1-3H3/q+1/t14-/m1/s1. The van der Waals surface area contributed by atoms with Gasteiger partial charge >= 0.3 is 6.03 Å². The number of anilines is 1. The summed E-state index contributed by atoms with van der Waals surface area (Å²) in [6.45, 7) is 3.86. The second kappa shape index (κ2) is 7.35. The van der Waals surface area contributed by atoms with Crippen molar-refractivity contribution in [1.82, 2.24) is 29.2 Å². The van der Waals surface area contributed by atoms with Gasteiger partial charge in [-0.15, -0.1) is 0 Å². The third-order valence-corrected chi connectivity index (χ3v) is 5.03. The van der Waals surface area contributed by atoms with E-state index in [2.05, 4.69) is 21.1 Å². The van der Waals surface area contributed by atoms with Crippen molar-refractivity contribution in [3.63, 3.8) is 0 Å². The molecule has 10 nitrogen and oxygen atoms in total. The minimum atomic E-state index is -0.0419. The maximum atomic E-state index is 12.8. The molecule has 3 aromatic heterocycles. The van der Waals surface area contributed by atoms with E-state index < -0.39 is 0 Å². The first kappa shape index (κ1) is 18.6. The lowest BCUT2D eigenvalue weighted by atomic mass is 10.2. The monoisotopic (exact) mass is 392 g/mol. The lowest BCUT2D eigenvalue weighted by Gasteiger charge is -2.39. The number of amides is 1. The molecule has 0 aromatic carbocycles. The van der Waals surface area contributed by atoms with Crippen LogP contribution in [-0.2, 0) is 14.1 Å². The number of aryl methyl sites for hydroxylation is 2. The van der Waals surface area contributed by atoms with Crippen molar-refractivity contribution in [2.24, 2.45) is 14.1 Å². The minimum Gasteiger partial charge on any atom is -0.351 e. The van der Waals surface area contributed by atoms with Crippen LogP contribution in [0.1, 0.15) is 12.6 Å². The molecule has 1 aliphatic heterocycles. The van der Waals surface area contributed by atoms with Gasteiger partial charge in [0.05, 0.1) is 25.5 Å². The summed E-state index contributed by atoms with van der Waals surface area (Å²) in [6, 6.07) is 2.06. The van der Waals surface area contributed by atoms with Crippen molar-refractivity contribution in [3.8, 4) is 17.3 Å². The molecule has 0 bridgehead atoms. The van der Waals surface area contributed by atoms with E-state index in [1.54, 1.807) is 34.2 Å². The van der Waals surface area contributed by atoms with Gasteiger partial charge in [0, 0.05) is 38.4 Å². The van der Waals surface area contributed by atoms with Gasteiger partial charge in [0.25, 0.3) is 6.33 Å². The highest BCUT2D eigenvalue weighted by molar-refractivity contribution is 5.77. The number of aromatic nitrogens is 6. The Morgan fingerprint density at radius 2 is 2.17 bits per heavy atom. The first-order valence-electron chi connectivity index (χ1n) is 9.31. The molecule has 4 rings (SSSR count). The zero-order chi connectivity index (χ0) is 20.5. The second-order valence-electron chi connectivity index (χ2n) is 7.20. The summed E-state index contributed by atoms with van der Waals surface area (Å²) < 4.78 is 5.10. The minimum absolute atomic E-state index is 0.00300. The Balaban J connectivity index is 1.55. The van der Waals surface area contributed by atoms with E-state index in [-0.39, 0.29) is 17.8 Å². The Morgan fingerprint density at radius 1 is 1.34 bits per heavy atom. The van der Waals surface area contributed by atoms with E-state index in [9.17, 15) is 10.1 Å². The molecule has 0 aliphatic carbocycles. The summed E-state index contributed by atoms with van der Waals surface area (Å²) in [7, 11) is 3.70. The molecular weight excluding hydrogens is 370 g/mol. The number of nitriles is 1. The summed E-state index contributed by atoms with van der Waals surface area (Å²) in [6.07, 6.45) is 10.5. The normalized spacial score (nSPS) is 16.7. The van der Waals surface area contributed by atoms with Crippen molar-refractivity contribution in [2.45, 2.75) is 13.0 Å². The van der Waals surface area contributed by atoms with Crippen LogP contribution in [0.3, 0.4) is 0 Å². The van der Waals surface area contributed by atoms with Crippen LogP contribution in [0.15, 0.2) is 37.3 Å². The van der Waals surface area contributed by atoms with Gasteiger partial charge in [-0.2, -0.15) is 14.9 Å². The van der Waals surface area contributed by atoms with E-state index in [4.69, 9.17) is 4.98 Å². The Kier molecular flexibility index (Phi) is 4.72. The highest BCUT2D eigenvalue weighted by Crippen LogP contribution is 2.24. The molecule has 0 unspecified atom stereocenters. The van der Waals surface area contributed by atoms with Gasteiger partial charge in [-0.05, 0) is 6.92 Å². The van der Waals surface area contributed by atoms with E-state index in [1.165, 1.54) is 0 Å². The molecule has 0 N–H and O–H groups in total. The summed E-state index contributed by atoms with van der Waals surface area (Å²) in [5.41, 5.74) is 1.54. The van der Waals surface area contributed by atoms with Crippen LogP contribution in [-0.4, -0.2) is 60.9 Å². The topological polar surface area (TPSA) is 99.8 Å². The van der Waals surface area contributed by atoms with Crippen LogP contribution in [0.2, 0.25) is 0 Å². The van der Waals surface area contributed by atoms with E-state index in [1.807, 2.05) is 42.9 Å². The molecule has 1 aliphatic rings. The van der Waals surface area contributed by atoms with Crippen LogP contribution < -0.4 is 9.47 Å². The fraction of sp³-hybridized carbons (Fsp3) is 0.368. The number of piperazine rings is 1. The largest absolute Gasteiger partial charge is 0.416 e. The number of nitrogens with zero attached hydrogens (tertiary/aromatic N) is 9. The van der Waals surface area contributed by atoms with Gasteiger partial charge in [0.15, 0.2) is 5.69 Å². The summed E-state index contributed by atoms with van der Waals surface area (Å²) in [5.74, 6) is 0.689. The summed E-state index contributed by atoms with van der Waals surface area (Å²) >= 11 is 0. The van der Waals surface area contributed by atoms with E-state index in [0.717, 1.165) is 5.56 Å². The molecule has 1 atom stereocenters. The molecule has 10 heteroatoms. The van der Waals surface area contributed by atoms with Gasteiger partial charge in [0.1, 0.15) is 30.0 Å². The maximum absolute atomic E-state index is 12.8. The van der Waals surface area contributed by atoms with E-state index in [0.29, 0.717) is 31.1 Å². The number of carbonyl (C=O) groups excluding carboxylic acids is 1. The molecule has 0 saturated carbocycles. The lowest BCUT2D eigenvalue weighted by molar-refractivity contribution is -0.670. The third-order valence-electron chi connectivity index (χ3n) is 5.03. The molecule has 3 aromatic rings. The number of hydrogen-bond acceptors (Lipinski definition) is 6. The van der Waals surface area contributed by atoms with Gasteiger partial charge in [-0.1, -0.05) is 0 Å². The van der Waals surface area contributed by atoms with E-state index >= 15 is 0 Å². The Hall–Kier alpha value is -3.74. The Morgan fingerprint density at radius 3 is 2.79 bits per heavy atom. The van der Waals surface area contributed by atoms with Crippen molar-refractivity contribution < 1.29 is 9.36 Å². The van der Waals surface area contributed by atoms with Gasteiger partial charge < -0.3 is 4.90 Å². The molecule has 1 fully saturated rings. The number of rotatable bonds is 2. The predicted octanol–water partition coefficient (Wildman–Crippen LogP) is 0.554. The van der Waals surface area contributed by atoms with Crippen LogP contribution in [0.4, 0.5) is 10.6 Å². The molecule has 4 heterocycles. The Bertz CT molecular complexity index is 1090. The zero-order valence-electron chi connectivity index (χ0n) is 16.6. The molecule has 0 radical (unpaired) electrons. The summed E-state index contributed by atoms with van der Waals surface area (Å²) in [5, 5.41) is 13.6. The number of imidazole rings is 1. The molecule has 1 amide bonds. The summed E-state index contributed by atoms with van der Waals surface area (Å²) in [4.78, 5) is 25.7. The van der Waals surface area contributed by atoms with Crippen molar-refractivity contribution in [2.75, 3.05) is 24.5 Å². The Labute approximate surface area is 168 Å². The average molecular weight is 392 g/mol. The quantitative estimate of drug-likeness (QED) is 0.591. The first-order chi connectivity index (χ1) is 14.0. The number of hydrogen-bond donors (Lipinski definition) is 0. The third kappa shape index (κ3) is 3.54. The highest BCUT2D eigenvalue weighted by atomic mass is 16.2. The van der Waals surface area contributed by atoms with Crippen molar-refractivity contribution >= 4 is 11.8 Å². The lowest BCUT2D eigenvalue weighted by Crippen LogP contribution is -2.55. The molecule has 1 saturated heterocycles. The molecular formula is C19H22N9O+. The van der Waals surface area contributed by atoms with Crippen LogP contribution in [0.25, 0.3) is 11.3 Å². The fourth-order valence-electron chi connectivity index (χ4n) is 3.52. The highest BCUT2D eigenvalue weighted by Gasteiger charge is 2.32. The van der Waals surface area contributed by atoms with Crippen molar-refractivity contribution in [1.29, 1.82) is 5.26 Å². The smallest absolute Gasteiger partial charge is 0.351 e. The first-order valence-corrected chi connectivity index (χ1v) is 9.31. The van der Waals surface area contributed by atoms with Crippen LogP contribution in [0, 0.1) is 11.3 Å². The molecule has 29 heavy (non-hydrogen) atoms. The van der Waals surface area contributed by atoms with Gasteiger partial charge in [0.2, 0.25) is 0 Å². The number of carbonyl (C=O) groups is 1. The zero-order valence-corrected chi connectivity index (χ0v) is 16.6. The van der Waals surface area contributed by atoms with Crippen LogP contribution >= 0.6 is 0 Å². The second-order valence-corrected chi connectivity index (χ2v) is 7.20. The average Bonchev–Trinajstić information content (AvgIpc) is 3.35. The SMILES string of the molecule is C[C@@H]1CN(c2cnc(C#N)c(-c3cnn(C)c3)n2)CCN1C(=O)n1cc[n+](C)c1. The van der Waals surface area contributed by atoms with Crippen molar-refractivity contribution in [3.05, 3.63) is 43.0 Å². The molecule has 0 spiro atoms. The molecule has 148 valence electrons. The predicted molar refractivity (Wildman–Crippen MR) is 104 cm³/mol. The maximum Gasteiger partial charge on any atom is 0.416 e. The van der Waals surface area contributed by atoms with Gasteiger partial charge in [-0.25, -0.2) is 19.3 Å². The van der Waals surface area contributed by atoms with Crippen LogP contribution in [0.5, 0.6) is 0 Å².